The van der Waals surface area contributed by atoms with Crippen LogP contribution in [-0.4, -0.2) is 51.4 Å². The van der Waals surface area contributed by atoms with Crippen molar-refractivity contribution in [2.75, 3.05) is 31.1 Å². The molecule has 3 rings (SSSR count). The normalized spacial score (nSPS) is 15.2. The molecule has 33 heavy (non-hydrogen) atoms. The molecule has 0 aliphatic carbocycles. The molecule has 0 saturated carbocycles. The summed E-state index contributed by atoms with van der Waals surface area (Å²) in [5, 5.41) is 0. The van der Waals surface area contributed by atoms with Gasteiger partial charge in [0.2, 0.25) is 15.9 Å². The van der Waals surface area contributed by atoms with Crippen LogP contribution in [0, 0.1) is 0 Å². The Morgan fingerprint density at radius 2 is 1.67 bits per heavy atom. The highest BCUT2D eigenvalue weighted by Crippen LogP contribution is 2.31. The molecule has 1 amide bonds. The number of nitrogens with one attached hydrogen (secondary N) is 1. The van der Waals surface area contributed by atoms with Gasteiger partial charge in [-0.25, -0.2) is 13.1 Å². The Kier molecular flexibility index (Phi) is 7.69. The van der Waals surface area contributed by atoms with Crippen molar-refractivity contribution >= 4 is 21.6 Å². The molecule has 0 unspecified atom stereocenters. The average Bonchev–Trinajstić information content (AvgIpc) is 2.76. The molecule has 10 heteroatoms. The van der Waals surface area contributed by atoms with Crippen LogP contribution in [-0.2, 0) is 27.4 Å². The van der Waals surface area contributed by atoms with Crippen LogP contribution in [0.3, 0.4) is 0 Å². The summed E-state index contributed by atoms with van der Waals surface area (Å²) in [4.78, 5) is 16.3. The van der Waals surface area contributed by atoms with Crippen molar-refractivity contribution in [1.82, 2.24) is 9.62 Å². The maximum atomic E-state index is 13.0. The van der Waals surface area contributed by atoms with Gasteiger partial charge < -0.3 is 9.80 Å². The smallest absolute Gasteiger partial charge is 0.368 e. The second-order valence-electron chi connectivity index (χ2n) is 8.34. The number of nitrogens with zero attached hydrogens (tertiary/aromatic N) is 2. The third-order valence-electron chi connectivity index (χ3n) is 5.42. The minimum absolute atomic E-state index is 0.0307. The molecule has 0 bridgehead atoms. The second-order valence-corrected chi connectivity index (χ2v) is 10.0. The second kappa shape index (κ2) is 10.1. The first-order valence-corrected chi connectivity index (χ1v) is 12.3. The predicted octanol–water partition coefficient (Wildman–Crippen LogP) is 3.67. The van der Waals surface area contributed by atoms with Gasteiger partial charge in [-0.15, -0.1) is 0 Å². The van der Waals surface area contributed by atoms with Crippen LogP contribution in [0.2, 0.25) is 0 Å². The first kappa shape index (κ1) is 25.0. The lowest BCUT2D eigenvalue weighted by atomic mass is 10.1. The summed E-state index contributed by atoms with van der Waals surface area (Å²) in [6.07, 6.45) is -3.63. The molecule has 0 radical (unpaired) electrons. The molecule has 2 aromatic carbocycles. The van der Waals surface area contributed by atoms with Crippen LogP contribution >= 0.6 is 0 Å². The molecule has 1 heterocycles. The number of hydrogen-bond donors (Lipinski definition) is 1. The number of halogens is 3. The van der Waals surface area contributed by atoms with Crippen molar-refractivity contribution in [3.63, 3.8) is 0 Å². The molecule has 0 spiro atoms. The number of amides is 1. The fourth-order valence-corrected chi connectivity index (χ4v) is 4.97. The largest absolute Gasteiger partial charge is 0.416 e. The van der Waals surface area contributed by atoms with E-state index in [2.05, 4.69) is 4.72 Å². The quantitative estimate of drug-likeness (QED) is 0.653. The lowest BCUT2D eigenvalue weighted by Crippen LogP contribution is -2.48. The van der Waals surface area contributed by atoms with Crippen molar-refractivity contribution in [3.8, 4) is 0 Å². The monoisotopic (exact) mass is 483 g/mol. The number of carbonyl (C=O) groups is 1. The van der Waals surface area contributed by atoms with Crippen molar-refractivity contribution in [2.45, 2.75) is 43.8 Å². The topological polar surface area (TPSA) is 69.7 Å². The maximum absolute atomic E-state index is 13.0. The Morgan fingerprint density at radius 3 is 2.24 bits per heavy atom. The van der Waals surface area contributed by atoms with E-state index in [-0.39, 0.29) is 23.3 Å². The van der Waals surface area contributed by atoms with E-state index in [0.29, 0.717) is 38.3 Å². The highest BCUT2D eigenvalue weighted by Gasteiger charge is 2.31. The first-order chi connectivity index (χ1) is 15.5. The maximum Gasteiger partial charge on any atom is 0.416 e. The molecular weight excluding hydrogens is 455 g/mol. The van der Waals surface area contributed by atoms with Gasteiger partial charge in [-0.2, -0.15) is 13.2 Å². The molecule has 1 aliphatic rings. The number of rotatable bonds is 7. The summed E-state index contributed by atoms with van der Waals surface area (Å²) in [6, 6.07) is 11.5. The number of aryl methyl sites for hydroxylation is 1. The molecule has 2 aromatic rings. The van der Waals surface area contributed by atoms with Crippen molar-refractivity contribution in [2.24, 2.45) is 0 Å². The lowest BCUT2D eigenvalue weighted by Gasteiger charge is -2.36. The van der Waals surface area contributed by atoms with Crippen LogP contribution in [0.15, 0.2) is 53.4 Å². The van der Waals surface area contributed by atoms with Crippen LogP contribution in [0.5, 0.6) is 0 Å². The number of sulfonamides is 1. The number of hydrogen-bond acceptors (Lipinski definition) is 4. The predicted molar refractivity (Wildman–Crippen MR) is 120 cm³/mol. The lowest BCUT2D eigenvalue weighted by molar-refractivity contribution is -0.137. The third-order valence-corrected chi connectivity index (χ3v) is 7.10. The minimum atomic E-state index is -4.39. The van der Waals surface area contributed by atoms with E-state index >= 15 is 0 Å². The fourth-order valence-electron chi connectivity index (χ4n) is 3.72. The zero-order valence-corrected chi connectivity index (χ0v) is 19.4. The summed E-state index contributed by atoms with van der Waals surface area (Å²) in [5.41, 5.74) is 0.672. The van der Waals surface area contributed by atoms with Gasteiger partial charge in [0.1, 0.15) is 0 Å². The van der Waals surface area contributed by atoms with Gasteiger partial charge in [-0.05, 0) is 56.2 Å². The molecule has 180 valence electrons. The van der Waals surface area contributed by atoms with Crippen LogP contribution in [0.25, 0.3) is 0 Å². The number of carbonyl (C=O) groups excluding carboxylic acids is 1. The van der Waals surface area contributed by atoms with E-state index in [1.54, 1.807) is 36.9 Å². The Labute approximate surface area is 192 Å². The van der Waals surface area contributed by atoms with E-state index in [1.165, 1.54) is 18.2 Å². The fraction of sp³-hybridized carbons (Fsp3) is 0.435. The van der Waals surface area contributed by atoms with Gasteiger partial charge in [0.25, 0.3) is 0 Å². The van der Waals surface area contributed by atoms with E-state index in [1.807, 2.05) is 4.90 Å². The van der Waals surface area contributed by atoms with Crippen molar-refractivity contribution in [3.05, 3.63) is 59.7 Å². The van der Waals surface area contributed by atoms with Gasteiger partial charge >= 0.3 is 6.18 Å². The molecule has 1 aliphatic heterocycles. The van der Waals surface area contributed by atoms with Crippen LogP contribution in [0.1, 0.15) is 31.4 Å². The zero-order chi connectivity index (χ0) is 24.2. The highest BCUT2D eigenvalue weighted by atomic mass is 32.2. The van der Waals surface area contributed by atoms with Gasteiger partial charge in [0, 0.05) is 44.3 Å². The molecule has 6 nitrogen and oxygen atoms in total. The summed E-state index contributed by atoms with van der Waals surface area (Å²) >= 11 is 0. The summed E-state index contributed by atoms with van der Waals surface area (Å²) < 4.78 is 65.8. The first-order valence-electron chi connectivity index (χ1n) is 10.8. The third kappa shape index (κ3) is 6.70. The molecular formula is C23H28F3N3O3S. The Hall–Kier alpha value is -2.59. The Bertz CT molecular complexity index is 1060. The summed E-state index contributed by atoms with van der Waals surface area (Å²) in [5.74, 6) is -0.0307. The highest BCUT2D eigenvalue weighted by molar-refractivity contribution is 7.89. The summed E-state index contributed by atoms with van der Waals surface area (Å²) in [7, 11) is -3.56. The van der Waals surface area contributed by atoms with E-state index in [4.69, 9.17) is 0 Å². The SMILES string of the molecule is CC(C)NS(=O)(=O)c1ccc(CCC(=O)N2CCN(c3cccc(C(F)(F)F)c3)CC2)cc1. The standard InChI is InChI=1S/C23H28F3N3O3S/c1-17(2)27-33(31,32)21-9-6-18(7-10-21)8-11-22(30)29-14-12-28(13-15-29)20-5-3-4-19(16-20)23(24,25)26/h3-7,9-10,16-17,27H,8,11-15H2,1-2H3. The molecule has 0 atom stereocenters. The number of benzene rings is 2. The Balaban J connectivity index is 1.51. The zero-order valence-electron chi connectivity index (χ0n) is 18.6. The van der Waals surface area contributed by atoms with Gasteiger partial charge in [0.15, 0.2) is 0 Å². The average molecular weight is 484 g/mol. The summed E-state index contributed by atoms with van der Waals surface area (Å²) in [6.45, 7) is 5.29. The Morgan fingerprint density at radius 1 is 1.03 bits per heavy atom. The molecule has 0 aromatic heterocycles. The molecule has 1 N–H and O–H groups in total. The van der Waals surface area contributed by atoms with E-state index in [0.717, 1.165) is 17.7 Å². The minimum Gasteiger partial charge on any atom is -0.368 e. The van der Waals surface area contributed by atoms with Crippen molar-refractivity contribution < 1.29 is 26.4 Å². The van der Waals surface area contributed by atoms with E-state index in [9.17, 15) is 26.4 Å². The van der Waals surface area contributed by atoms with E-state index < -0.39 is 21.8 Å². The van der Waals surface area contributed by atoms with Crippen LogP contribution < -0.4 is 9.62 Å². The van der Waals surface area contributed by atoms with Gasteiger partial charge in [0.05, 0.1) is 10.5 Å². The molecule has 1 saturated heterocycles. The number of alkyl halides is 3. The number of anilines is 1. The van der Waals surface area contributed by atoms with Crippen LogP contribution in [0.4, 0.5) is 18.9 Å². The molecule has 1 fully saturated rings. The van der Waals surface area contributed by atoms with Crippen molar-refractivity contribution in [1.29, 1.82) is 0 Å². The van der Waals surface area contributed by atoms with Gasteiger partial charge in [-0.1, -0.05) is 18.2 Å². The van der Waals surface area contributed by atoms with Gasteiger partial charge in [-0.3, -0.25) is 4.79 Å². The number of piperazine rings is 1.